The number of alkyl halides is 3. The number of nitrogens with one attached hydrogen (secondary N) is 1. The Balaban J connectivity index is 2.00. The molecule has 3 rings (SSSR count). The summed E-state index contributed by atoms with van der Waals surface area (Å²) >= 11 is 0. The fraction of sp³-hybridized carbons (Fsp3) is 0.0952. The van der Waals surface area contributed by atoms with Crippen LogP contribution in [0.4, 0.5) is 23.2 Å². The predicted octanol–water partition coefficient (Wildman–Crippen LogP) is 6.20. The average molecular weight is 389 g/mol. The van der Waals surface area contributed by atoms with Crippen molar-refractivity contribution in [3.8, 4) is 11.5 Å². The minimum absolute atomic E-state index is 0.0730. The first-order valence-corrected chi connectivity index (χ1v) is 8.26. The third kappa shape index (κ3) is 4.49. The molecule has 0 aliphatic carbocycles. The number of anilines is 1. The third-order valence-electron chi connectivity index (χ3n) is 3.94. The maximum Gasteiger partial charge on any atom is 0.416 e. The van der Waals surface area contributed by atoms with E-state index >= 15 is 0 Å². The highest BCUT2D eigenvalue weighted by Gasteiger charge is 2.32. The van der Waals surface area contributed by atoms with Gasteiger partial charge in [-0.2, -0.15) is 13.2 Å². The van der Waals surface area contributed by atoms with Crippen molar-refractivity contribution < 1.29 is 27.1 Å². The summed E-state index contributed by atoms with van der Waals surface area (Å²) in [4.78, 5) is 12.6. The highest BCUT2D eigenvalue weighted by molar-refractivity contribution is 6.06. The monoisotopic (exact) mass is 389 g/mol. The standard InChI is InChI=1S/C21H15F4NO2/c1-13-11-15(22)8-10-18(13)28-19-9-7-14(21(23,24)25)12-17(19)20(27)26-16-5-3-2-4-6-16/h2-12H,1H3,(H,26,27). The fourth-order valence-corrected chi connectivity index (χ4v) is 2.54. The second-order valence-electron chi connectivity index (χ2n) is 6.04. The van der Waals surface area contributed by atoms with Crippen LogP contribution < -0.4 is 10.1 Å². The summed E-state index contributed by atoms with van der Waals surface area (Å²) in [6.07, 6.45) is -4.62. The Hall–Kier alpha value is -3.35. The lowest BCUT2D eigenvalue weighted by molar-refractivity contribution is -0.137. The molecule has 0 aromatic heterocycles. The topological polar surface area (TPSA) is 38.3 Å². The summed E-state index contributed by atoms with van der Waals surface area (Å²) in [5.41, 5.74) is -0.403. The van der Waals surface area contributed by atoms with Gasteiger partial charge >= 0.3 is 6.18 Å². The molecule has 3 aromatic rings. The number of carbonyl (C=O) groups excluding carboxylic acids is 1. The second-order valence-corrected chi connectivity index (χ2v) is 6.04. The molecular weight excluding hydrogens is 374 g/mol. The maximum absolute atomic E-state index is 13.3. The Bertz CT molecular complexity index is 1000. The molecule has 0 saturated carbocycles. The van der Waals surface area contributed by atoms with Gasteiger partial charge in [0.25, 0.3) is 5.91 Å². The summed E-state index contributed by atoms with van der Waals surface area (Å²) in [6, 6.07) is 14.7. The van der Waals surface area contributed by atoms with Crippen LogP contribution in [0.3, 0.4) is 0 Å². The van der Waals surface area contributed by atoms with Crippen LogP contribution in [0, 0.1) is 12.7 Å². The minimum Gasteiger partial charge on any atom is -0.456 e. The molecule has 0 saturated heterocycles. The lowest BCUT2D eigenvalue weighted by Crippen LogP contribution is -2.15. The van der Waals surface area contributed by atoms with E-state index in [1.165, 1.54) is 12.1 Å². The van der Waals surface area contributed by atoms with Gasteiger partial charge < -0.3 is 10.1 Å². The predicted molar refractivity (Wildman–Crippen MR) is 97.1 cm³/mol. The number of para-hydroxylation sites is 1. The van der Waals surface area contributed by atoms with E-state index in [2.05, 4.69) is 5.32 Å². The van der Waals surface area contributed by atoms with Gasteiger partial charge in [-0.3, -0.25) is 4.79 Å². The number of halogens is 4. The van der Waals surface area contributed by atoms with Crippen LogP contribution >= 0.6 is 0 Å². The molecule has 0 heterocycles. The molecule has 144 valence electrons. The summed E-state index contributed by atoms with van der Waals surface area (Å²) in [5.74, 6) is -1.07. The molecule has 1 amide bonds. The zero-order chi connectivity index (χ0) is 20.3. The Morgan fingerprint density at radius 2 is 1.61 bits per heavy atom. The van der Waals surface area contributed by atoms with E-state index in [-0.39, 0.29) is 17.1 Å². The van der Waals surface area contributed by atoms with Gasteiger partial charge in [-0.1, -0.05) is 18.2 Å². The quantitative estimate of drug-likeness (QED) is 0.540. The lowest BCUT2D eigenvalue weighted by atomic mass is 10.1. The molecule has 1 N–H and O–H groups in total. The Morgan fingerprint density at radius 1 is 0.929 bits per heavy atom. The summed E-state index contributed by atoms with van der Waals surface area (Å²) in [5, 5.41) is 2.54. The van der Waals surface area contributed by atoms with Gasteiger partial charge in [0.05, 0.1) is 11.1 Å². The zero-order valence-electron chi connectivity index (χ0n) is 14.7. The normalized spacial score (nSPS) is 11.2. The number of aryl methyl sites for hydroxylation is 1. The number of hydrogen-bond acceptors (Lipinski definition) is 2. The van der Waals surface area contributed by atoms with Crippen molar-refractivity contribution >= 4 is 11.6 Å². The average Bonchev–Trinajstić information content (AvgIpc) is 2.64. The second kappa shape index (κ2) is 7.72. The molecule has 0 aliphatic heterocycles. The molecule has 28 heavy (non-hydrogen) atoms. The van der Waals surface area contributed by atoms with Crippen LogP contribution in [0.25, 0.3) is 0 Å². The molecule has 0 unspecified atom stereocenters. The first kappa shape index (κ1) is 19.4. The van der Waals surface area contributed by atoms with Crippen molar-refractivity contribution in [2.45, 2.75) is 13.1 Å². The number of carbonyl (C=O) groups is 1. The van der Waals surface area contributed by atoms with Gasteiger partial charge in [0.15, 0.2) is 0 Å². The van der Waals surface area contributed by atoms with Crippen molar-refractivity contribution in [2.24, 2.45) is 0 Å². The molecule has 0 spiro atoms. The molecular formula is C21H15F4NO2. The molecule has 0 radical (unpaired) electrons. The molecule has 7 heteroatoms. The van der Waals surface area contributed by atoms with E-state index in [1.807, 2.05) is 0 Å². The van der Waals surface area contributed by atoms with Crippen molar-refractivity contribution in [3.05, 3.63) is 89.2 Å². The van der Waals surface area contributed by atoms with E-state index in [0.717, 1.165) is 24.3 Å². The van der Waals surface area contributed by atoms with E-state index in [1.54, 1.807) is 37.3 Å². The van der Waals surface area contributed by atoms with E-state index in [9.17, 15) is 22.4 Å². The number of benzene rings is 3. The van der Waals surface area contributed by atoms with E-state index in [4.69, 9.17) is 4.74 Å². The van der Waals surface area contributed by atoms with E-state index in [0.29, 0.717) is 11.3 Å². The van der Waals surface area contributed by atoms with Gasteiger partial charge in [-0.15, -0.1) is 0 Å². The van der Waals surface area contributed by atoms with E-state index < -0.39 is 23.5 Å². The summed E-state index contributed by atoms with van der Waals surface area (Å²) in [7, 11) is 0. The smallest absolute Gasteiger partial charge is 0.416 e. The van der Waals surface area contributed by atoms with Crippen LogP contribution in [0.15, 0.2) is 66.7 Å². The number of ether oxygens (including phenoxy) is 1. The van der Waals surface area contributed by atoms with Crippen molar-refractivity contribution in [2.75, 3.05) is 5.32 Å². The molecule has 0 atom stereocenters. The van der Waals surface area contributed by atoms with Crippen LogP contribution in [0.2, 0.25) is 0 Å². The lowest BCUT2D eigenvalue weighted by Gasteiger charge is -2.15. The minimum atomic E-state index is -4.62. The fourth-order valence-electron chi connectivity index (χ4n) is 2.54. The van der Waals surface area contributed by atoms with Gasteiger partial charge in [0.2, 0.25) is 0 Å². The molecule has 0 aliphatic rings. The first-order chi connectivity index (χ1) is 13.2. The maximum atomic E-state index is 13.3. The molecule has 0 bridgehead atoms. The van der Waals surface area contributed by atoms with Crippen molar-refractivity contribution in [1.82, 2.24) is 0 Å². The highest BCUT2D eigenvalue weighted by atomic mass is 19.4. The zero-order valence-corrected chi connectivity index (χ0v) is 14.7. The number of hydrogen-bond donors (Lipinski definition) is 1. The van der Waals surface area contributed by atoms with Gasteiger partial charge in [-0.25, -0.2) is 4.39 Å². The summed E-state index contributed by atoms with van der Waals surface area (Å²) in [6.45, 7) is 1.59. The molecule has 3 nitrogen and oxygen atoms in total. The van der Waals surface area contributed by atoms with Gasteiger partial charge in [-0.05, 0) is 61.0 Å². The Labute approximate surface area is 158 Å². The number of rotatable bonds is 4. The summed E-state index contributed by atoms with van der Waals surface area (Å²) < 4.78 is 58.2. The largest absolute Gasteiger partial charge is 0.456 e. The highest BCUT2D eigenvalue weighted by Crippen LogP contribution is 2.35. The van der Waals surface area contributed by atoms with Crippen LogP contribution in [-0.2, 0) is 6.18 Å². The van der Waals surface area contributed by atoms with Crippen LogP contribution in [0.5, 0.6) is 11.5 Å². The van der Waals surface area contributed by atoms with Crippen molar-refractivity contribution in [1.29, 1.82) is 0 Å². The Morgan fingerprint density at radius 3 is 2.25 bits per heavy atom. The SMILES string of the molecule is Cc1cc(F)ccc1Oc1ccc(C(F)(F)F)cc1C(=O)Nc1ccccc1. The van der Waals surface area contributed by atoms with Gasteiger partial charge in [0.1, 0.15) is 17.3 Å². The van der Waals surface area contributed by atoms with Crippen molar-refractivity contribution in [3.63, 3.8) is 0 Å². The molecule has 0 fully saturated rings. The number of amides is 1. The van der Waals surface area contributed by atoms with Crippen LogP contribution in [-0.4, -0.2) is 5.91 Å². The molecule has 3 aromatic carbocycles. The third-order valence-corrected chi connectivity index (χ3v) is 3.94. The van der Waals surface area contributed by atoms with Gasteiger partial charge in [0, 0.05) is 5.69 Å². The first-order valence-electron chi connectivity index (χ1n) is 8.26. The Kier molecular flexibility index (Phi) is 5.35. The van der Waals surface area contributed by atoms with Crippen LogP contribution in [0.1, 0.15) is 21.5 Å².